The molecule has 1 aromatic carbocycles. The Morgan fingerprint density at radius 3 is 3.04 bits per heavy atom. The van der Waals surface area contributed by atoms with Crippen LogP contribution in [-0.2, 0) is 11.2 Å². The molecule has 1 amide bonds. The number of amidine groups is 1. The molecule has 0 saturated heterocycles. The van der Waals surface area contributed by atoms with Gasteiger partial charge in [-0.2, -0.15) is 0 Å². The first kappa shape index (κ1) is 19.0. The van der Waals surface area contributed by atoms with Crippen molar-refractivity contribution in [2.24, 2.45) is 10.8 Å². The summed E-state index contributed by atoms with van der Waals surface area (Å²) in [5.74, 6) is -1.56. The molecule has 0 unspecified atom stereocenters. The number of amides is 1. The van der Waals surface area contributed by atoms with Gasteiger partial charge >= 0.3 is 13.1 Å². The number of carboxylic acids is 1. The molecule has 11 nitrogen and oxygen atoms in total. The van der Waals surface area contributed by atoms with Crippen molar-refractivity contribution in [3.8, 4) is 5.75 Å². The number of hydrogen-bond donors (Lipinski definition) is 6. The predicted octanol–water partition coefficient (Wildman–Crippen LogP) is -1.80. The zero-order valence-electron chi connectivity index (χ0n) is 14.5. The lowest BCUT2D eigenvalue weighted by Gasteiger charge is -2.29. The van der Waals surface area contributed by atoms with E-state index < -0.39 is 19.0 Å². The van der Waals surface area contributed by atoms with E-state index in [0.717, 1.165) is 6.42 Å². The third-order valence-electron chi connectivity index (χ3n) is 4.28. The highest BCUT2D eigenvalue weighted by molar-refractivity contribution is 6.47. The van der Waals surface area contributed by atoms with Crippen LogP contribution in [0.15, 0.2) is 23.3 Å². The molecule has 0 fully saturated rings. The van der Waals surface area contributed by atoms with Gasteiger partial charge in [0.15, 0.2) is 5.84 Å². The van der Waals surface area contributed by atoms with Gasteiger partial charge in [-0.3, -0.25) is 9.80 Å². The number of hydrogen-bond acceptors (Lipinski definition) is 9. The molecule has 3 rings (SSSR count). The Bertz CT molecular complexity index is 760. The summed E-state index contributed by atoms with van der Waals surface area (Å²) in [7, 11) is -1.35. The number of carbonyl (C=O) groups excluding carboxylic acids is 1. The van der Waals surface area contributed by atoms with E-state index in [1.807, 2.05) is 0 Å². The number of nitrogens with one attached hydrogen (secondary N) is 3. The number of fused-ring (bicyclic) bond motifs is 1. The summed E-state index contributed by atoms with van der Waals surface area (Å²) < 4.78 is 5.36. The minimum atomic E-state index is -1.35. The van der Waals surface area contributed by atoms with E-state index in [1.165, 1.54) is 6.07 Å². The lowest BCUT2D eigenvalue weighted by Crippen LogP contribution is -2.54. The summed E-state index contributed by atoms with van der Waals surface area (Å²) in [6, 6.07) is 4.71. The molecule has 2 aliphatic heterocycles. The fourth-order valence-electron chi connectivity index (χ4n) is 2.96. The maximum Gasteiger partial charge on any atom is 0.547 e. The van der Waals surface area contributed by atoms with Gasteiger partial charge in [0, 0.05) is 6.54 Å². The van der Waals surface area contributed by atoms with Gasteiger partial charge in [0.25, 0.3) is 0 Å². The molecule has 0 bridgehead atoms. The summed E-state index contributed by atoms with van der Waals surface area (Å²) in [6.45, 7) is 1.11. The summed E-state index contributed by atoms with van der Waals surface area (Å²) >= 11 is 0. The number of benzene rings is 1. The monoisotopic (exact) mass is 376 g/mol. The highest BCUT2D eigenvalue weighted by Crippen LogP contribution is 2.30. The maximum absolute atomic E-state index is 12.4. The number of nitrogens with two attached hydrogens (primary N) is 1. The normalized spacial score (nSPS) is 18.3. The number of nitrogens with zero attached hydrogens (tertiary/aromatic N) is 2. The van der Waals surface area contributed by atoms with Gasteiger partial charge in [0.05, 0.1) is 17.9 Å². The first-order valence-electron chi connectivity index (χ1n) is 8.53. The number of rotatable bonds is 7. The van der Waals surface area contributed by atoms with Crippen LogP contribution in [0.25, 0.3) is 0 Å². The van der Waals surface area contributed by atoms with Crippen molar-refractivity contribution in [2.45, 2.75) is 25.2 Å². The highest BCUT2D eigenvalue weighted by atomic mass is 16.5. The van der Waals surface area contributed by atoms with Crippen LogP contribution in [0.2, 0.25) is 0 Å². The first-order chi connectivity index (χ1) is 13.0. The van der Waals surface area contributed by atoms with Crippen molar-refractivity contribution in [2.75, 3.05) is 13.1 Å². The molecule has 2 heterocycles. The molecule has 0 aliphatic carbocycles. The molecule has 0 aromatic heterocycles. The molecular formula is C15H21BN6O5. The number of aromatic carboxylic acids is 1. The number of hydrazine groups is 2. The van der Waals surface area contributed by atoms with Crippen molar-refractivity contribution < 1.29 is 24.4 Å². The van der Waals surface area contributed by atoms with Crippen LogP contribution in [0.4, 0.5) is 0 Å². The van der Waals surface area contributed by atoms with E-state index in [1.54, 1.807) is 17.1 Å². The van der Waals surface area contributed by atoms with Crippen molar-refractivity contribution >= 4 is 24.8 Å². The van der Waals surface area contributed by atoms with Crippen LogP contribution in [0, 0.1) is 0 Å². The number of carboxylic acid groups (broad SMARTS) is 1. The second-order valence-corrected chi connectivity index (χ2v) is 6.21. The van der Waals surface area contributed by atoms with Crippen LogP contribution < -0.4 is 26.8 Å². The van der Waals surface area contributed by atoms with Gasteiger partial charge in [-0.15, -0.1) is 10.6 Å². The minimum absolute atomic E-state index is 0.00415. The van der Waals surface area contributed by atoms with E-state index >= 15 is 0 Å². The Hall–Kier alpha value is -2.83. The molecule has 7 N–H and O–H groups in total. The second-order valence-electron chi connectivity index (χ2n) is 6.21. The summed E-state index contributed by atoms with van der Waals surface area (Å²) in [6.07, 6.45) is 0.978. The fourth-order valence-corrected chi connectivity index (χ4v) is 2.96. The van der Waals surface area contributed by atoms with Crippen LogP contribution in [0.1, 0.15) is 28.8 Å². The van der Waals surface area contributed by atoms with Crippen LogP contribution >= 0.6 is 0 Å². The molecule has 2 aliphatic rings. The third kappa shape index (κ3) is 4.30. The van der Waals surface area contributed by atoms with Gasteiger partial charge in [0.1, 0.15) is 5.75 Å². The number of para-hydroxylation sites is 1. The summed E-state index contributed by atoms with van der Waals surface area (Å²) in [5, 5.41) is 27.8. The summed E-state index contributed by atoms with van der Waals surface area (Å²) in [4.78, 5) is 23.6. The molecular weight excluding hydrogens is 355 g/mol. The van der Waals surface area contributed by atoms with Gasteiger partial charge in [-0.1, -0.05) is 12.1 Å². The third-order valence-corrected chi connectivity index (χ3v) is 4.28. The maximum atomic E-state index is 12.4. The second kappa shape index (κ2) is 8.25. The SMILES string of the molecule is NCCCN1NNN=C1CC(=O)N[C@H]1Cc2cccc(C(=O)O)c2OB1O. The van der Waals surface area contributed by atoms with Crippen molar-refractivity contribution in [1.29, 1.82) is 0 Å². The van der Waals surface area contributed by atoms with Gasteiger partial charge in [-0.05, 0) is 31.0 Å². The molecule has 144 valence electrons. The van der Waals surface area contributed by atoms with Crippen LogP contribution in [0.5, 0.6) is 5.75 Å². The number of hydrazone groups is 1. The predicted molar refractivity (Wildman–Crippen MR) is 96.3 cm³/mol. The average molecular weight is 376 g/mol. The van der Waals surface area contributed by atoms with Gasteiger partial charge in [-0.25, -0.2) is 10.3 Å². The van der Waals surface area contributed by atoms with Crippen LogP contribution in [-0.4, -0.2) is 59.0 Å². The number of carbonyl (C=O) groups is 2. The standard InChI is InChI=1S/C15H21BN6O5/c17-5-2-6-22-12(19-20-21-22)8-13(23)18-11-7-9-3-1-4-10(15(24)25)14(9)27-16(11)26/h1,3-4,11,20-21,26H,2,5-8,17H2,(H,18,23)(H,24,25)/t11-/m0/s1. The molecule has 0 radical (unpaired) electrons. The Balaban J connectivity index is 1.62. The van der Waals surface area contributed by atoms with Crippen molar-refractivity contribution in [1.82, 2.24) is 21.4 Å². The Morgan fingerprint density at radius 2 is 2.30 bits per heavy atom. The fraction of sp³-hybridized carbons (Fsp3) is 0.400. The Labute approximate surface area is 155 Å². The smallest absolute Gasteiger partial charge is 0.534 e. The molecule has 1 atom stereocenters. The largest absolute Gasteiger partial charge is 0.547 e. The van der Waals surface area contributed by atoms with Gasteiger partial charge < -0.3 is 25.8 Å². The molecule has 12 heteroatoms. The van der Waals surface area contributed by atoms with Crippen molar-refractivity contribution in [3.63, 3.8) is 0 Å². The zero-order chi connectivity index (χ0) is 19.4. The summed E-state index contributed by atoms with van der Waals surface area (Å²) in [5.41, 5.74) is 11.5. The van der Waals surface area contributed by atoms with E-state index in [0.29, 0.717) is 24.5 Å². The average Bonchev–Trinajstić information content (AvgIpc) is 3.06. The van der Waals surface area contributed by atoms with Crippen LogP contribution in [0.3, 0.4) is 0 Å². The Morgan fingerprint density at radius 1 is 1.48 bits per heavy atom. The molecule has 0 saturated carbocycles. The first-order valence-corrected chi connectivity index (χ1v) is 8.53. The Kier molecular flexibility index (Phi) is 5.79. The quantitative estimate of drug-likeness (QED) is 0.302. The van der Waals surface area contributed by atoms with Crippen molar-refractivity contribution in [3.05, 3.63) is 29.3 Å². The molecule has 0 spiro atoms. The van der Waals surface area contributed by atoms with E-state index in [-0.39, 0.29) is 30.1 Å². The van der Waals surface area contributed by atoms with E-state index in [2.05, 4.69) is 21.5 Å². The topological polar surface area (TPSA) is 162 Å². The molecule has 27 heavy (non-hydrogen) atoms. The van der Waals surface area contributed by atoms with E-state index in [9.17, 15) is 19.7 Å². The van der Waals surface area contributed by atoms with Gasteiger partial charge in [0.2, 0.25) is 5.91 Å². The zero-order valence-corrected chi connectivity index (χ0v) is 14.5. The molecule has 1 aromatic rings. The van der Waals surface area contributed by atoms with E-state index in [4.69, 9.17) is 10.4 Å². The minimum Gasteiger partial charge on any atom is -0.534 e. The highest BCUT2D eigenvalue weighted by Gasteiger charge is 2.38. The lowest BCUT2D eigenvalue weighted by atomic mass is 9.72. The lowest BCUT2D eigenvalue weighted by molar-refractivity contribution is -0.120.